The first-order chi connectivity index (χ1) is 8.69. The van der Waals surface area contributed by atoms with Crippen LogP contribution in [0, 0.1) is 13.8 Å². The van der Waals surface area contributed by atoms with Crippen molar-refractivity contribution in [2.75, 3.05) is 13.2 Å². The molecular weight excluding hydrogens is 306 g/mol. The maximum Gasteiger partial charge on any atom is 0.120 e. The molecule has 1 aromatic rings. The lowest BCUT2D eigenvalue weighted by Gasteiger charge is -2.23. The van der Waals surface area contributed by atoms with E-state index in [1.165, 1.54) is 0 Å². The SMILES string of the molecule is Cc1cc(OCC(O)CNC(C)(C)C)cc(C)c1Br. The lowest BCUT2D eigenvalue weighted by molar-refractivity contribution is 0.1000. The van der Waals surface area contributed by atoms with Crippen LogP contribution in [0.25, 0.3) is 0 Å². The summed E-state index contributed by atoms with van der Waals surface area (Å²) in [4.78, 5) is 0. The maximum atomic E-state index is 9.87. The molecule has 0 saturated heterocycles. The molecule has 2 N–H and O–H groups in total. The van der Waals surface area contributed by atoms with E-state index in [4.69, 9.17) is 4.74 Å². The zero-order chi connectivity index (χ0) is 14.6. The average Bonchev–Trinajstić information content (AvgIpc) is 2.29. The highest BCUT2D eigenvalue weighted by Gasteiger charge is 2.13. The Labute approximate surface area is 124 Å². The number of aliphatic hydroxyl groups is 1. The standard InChI is InChI=1S/C15H24BrNO2/c1-10-6-13(7-11(2)14(10)16)19-9-12(18)8-17-15(3,4)5/h6-7,12,17-18H,8-9H2,1-5H3. The van der Waals surface area contributed by atoms with Gasteiger partial charge in [-0.1, -0.05) is 15.9 Å². The van der Waals surface area contributed by atoms with E-state index in [0.717, 1.165) is 21.3 Å². The number of nitrogens with one attached hydrogen (secondary N) is 1. The summed E-state index contributed by atoms with van der Waals surface area (Å²) in [5.41, 5.74) is 2.28. The first-order valence-corrected chi connectivity index (χ1v) is 7.31. The molecule has 1 rings (SSSR count). The van der Waals surface area contributed by atoms with Crippen molar-refractivity contribution in [1.29, 1.82) is 0 Å². The van der Waals surface area contributed by atoms with Gasteiger partial charge in [0.25, 0.3) is 0 Å². The van der Waals surface area contributed by atoms with Crippen molar-refractivity contribution in [2.45, 2.75) is 46.3 Å². The fourth-order valence-corrected chi connectivity index (χ4v) is 1.89. The number of halogens is 1. The first-order valence-electron chi connectivity index (χ1n) is 6.51. The van der Waals surface area contributed by atoms with Gasteiger partial charge in [0, 0.05) is 16.6 Å². The smallest absolute Gasteiger partial charge is 0.120 e. The molecule has 0 saturated carbocycles. The second-order valence-corrected chi connectivity index (χ2v) is 6.76. The van der Waals surface area contributed by atoms with E-state index in [0.29, 0.717) is 13.2 Å². The zero-order valence-electron chi connectivity index (χ0n) is 12.4. The van der Waals surface area contributed by atoms with Crippen LogP contribution in [0.15, 0.2) is 16.6 Å². The van der Waals surface area contributed by atoms with Gasteiger partial charge in [-0.25, -0.2) is 0 Å². The van der Waals surface area contributed by atoms with E-state index >= 15 is 0 Å². The monoisotopic (exact) mass is 329 g/mol. The van der Waals surface area contributed by atoms with Gasteiger partial charge in [-0.15, -0.1) is 0 Å². The molecule has 0 aliphatic rings. The summed E-state index contributed by atoms with van der Waals surface area (Å²) >= 11 is 3.53. The molecule has 0 heterocycles. The molecule has 0 aromatic heterocycles. The molecule has 3 nitrogen and oxygen atoms in total. The number of hydrogen-bond acceptors (Lipinski definition) is 3. The molecule has 0 bridgehead atoms. The summed E-state index contributed by atoms with van der Waals surface area (Å²) in [7, 11) is 0. The van der Waals surface area contributed by atoms with Gasteiger partial charge in [0.2, 0.25) is 0 Å². The summed E-state index contributed by atoms with van der Waals surface area (Å²) in [6, 6.07) is 3.95. The van der Waals surface area contributed by atoms with Crippen LogP contribution < -0.4 is 10.1 Å². The van der Waals surface area contributed by atoms with Crippen molar-refractivity contribution < 1.29 is 9.84 Å². The first kappa shape index (κ1) is 16.5. The van der Waals surface area contributed by atoms with E-state index in [9.17, 15) is 5.11 Å². The van der Waals surface area contributed by atoms with Crippen LogP contribution in [0.5, 0.6) is 5.75 Å². The predicted molar refractivity (Wildman–Crippen MR) is 82.9 cm³/mol. The summed E-state index contributed by atoms with van der Waals surface area (Å²) in [6.45, 7) is 11.1. The van der Waals surface area contributed by atoms with Crippen molar-refractivity contribution >= 4 is 15.9 Å². The number of ether oxygens (including phenoxy) is 1. The third kappa shape index (κ3) is 5.93. The minimum atomic E-state index is -0.511. The molecule has 0 aliphatic carbocycles. The van der Waals surface area contributed by atoms with Gasteiger partial charge >= 0.3 is 0 Å². The van der Waals surface area contributed by atoms with Crippen molar-refractivity contribution in [2.24, 2.45) is 0 Å². The van der Waals surface area contributed by atoms with Crippen LogP contribution in [0.3, 0.4) is 0 Å². The molecule has 0 fully saturated rings. The lowest BCUT2D eigenvalue weighted by atomic mass is 10.1. The van der Waals surface area contributed by atoms with E-state index in [1.54, 1.807) is 0 Å². The fourth-order valence-electron chi connectivity index (χ4n) is 1.66. The van der Waals surface area contributed by atoms with E-state index in [1.807, 2.05) is 26.0 Å². The largest absolute Gasteiger partial charge is 0.491 e. The lowest BCUT2D eigenvalue weighted by Crippen LogP contribution is -2.42. The highest BCUT2D eigenvalue weighted by atomic mass is 79.9. The number of aryl methyl sites for hydroxylation is 2. The van der Waals surface area contributed by atoms with Crippen molar-refractivity contribution in [1.82, 2.24) is 5.32 Å². The van der Waals surface area contributed by atoms with E-state index < -0.39 is 6.10 Å². The highest BCUT2D eigenvalue weighted by Crippen LogP contribution is 2.26. The maximum absolute atomic E-state index is 9.87. The van der Waals surface area contributed by atoms with Crippen molar-refractivity contribution in [3.63, 3.8) is 0 Å². The Hall–Kier alpha value is -0.580. The second-order valence-electron chi connectivity index (χ2n) is 5.97. The normalized spacial score (nSPS) is 13.4. The molecule has 1 aromatic carbocycles. The zero-order valence-corrected chi connectivity index (χ0v) is 14.0. The van der Waals surface area contributed by atoms with Gasteiger partial charge < -0.3 is 15.2 Å². The Morgan fingerprint density at radius 2 is 1.79 bits per heavy atom. The van der Waals surface area contributed by atoms with Crippen molar-refractivity contribution in [3.05, 3.63) is 27.7 Å². The molecule has 1 unspecified atom stereocenters. The Morgan fingerprint density at radius 3 is 2.26 bits per heavy atom. The predicted octanol–water partition coefficient (Wildman–Crippen LogP) is 3.19. The summed E-state index contributed by atoms with van der Waals surface area (Å²) in [5.74, 6) is 0.799. The molecule has 1 atom stereocenters. The number of β-amino-alcohol motifs (C(OH)–C–C–N with tert-alkyl or cyclic N) is 1. The molecule has 108 valence electrons. The summed E-state index contributed by atoms with van der Waals surface area (Å²) in [5, 5.41) is 13.1. The van der Waals surface area contributed by atoms with Crippen LogP contribution in [-0.2, 0) is 0 Å². The number of aliphatic hydroxyl groups excluding tert-OH is 1. The van der Waals surface area contributed by atoms with Crippen LogP contribution in [0.4, 0.5) is 0 Å². The van der Waals surface area contributed by atoms with Crippen LogP contribution in [-0.4, -0.2) is 29.9 Å². The molecule has 4 heteroatoms. The van der Waals surface area contributed by atoms with Crippen LogP contribution >= 0.6 is 15.9 Å². The summed E-state index contributed by atoms with van der Waals surface area (Å²) < 4.78 is 6.75. The van der Waals surface area contributed by atoms with Gasteiger partial charge in [0.15, 0.2) is 0 Å². The Balaban J connectivity index is 2.48. The van der Waals surface area contributed by atoms with Crippen LogP contribution in [0.2, 0.25) is 0 Å². The molecule has 0 aliphatic heterocycles. The third-order valence-electron chi connectivity index (χ3n) is 2.72. The molecule has 0 amide bonds. The second kappa shape index (κ2) is 6.73. The third-order valence-corrected chi connectivity index (χ3v) is 3.97. The highest BCUT2D eigenvalue weighted by molar-refractivity contribution is 9.10. The van der Waals surface area contributed by atoms with Gasteiger partial charge in [-0.05, 0) is 57.9 Å². The average molecular weight is 330 g/mol. The van der Waals surface area contributed by atoms with E-state index in [-0.39, 0.29) is 5.54 Å². The fraction of sp³-hybridized carbons (Fsp3) is 0.600. The minimum Gasteiger partial charge on any atom is -0.491 e. The Kier molecular flexibility index (Phi) is 5.83. The topological polar surface area (TPSA) is 41.5 Å². The number of benzene rings is 1. The number of hydrogen-bond donors (Lipinski definition) is 2. The van der Waals surface area contributed by atoms with Gasteiger partial charge in [-0.3, -0.25) is 0 Å². The van der Waals surface area contributed by atoms with Crippen molar-refractivity contribution in [3.8, 4) is 5.75 Å². The van der Waals surface area contributed by atoms with E-state index in [2.05, 4.69) is 42.0 Å². The number of rotatable bonds is 5. The molecule has 0 radical (unpaired) electrons. The Morgan fingerprint density at radius 1 is 1.26 bits per heavy atom. The van der Waals surface area contributed by atoms with Gasteiger partial charge in [0.05, 0.1) is 0 Å². The molecular formula is C15H24BrNO2. The Bertz CT molecular complexity index is 404. The minimum absolute atomic E-state index is 0.00572. The van der Waals surface area contributed by atoms with Crippen LogP contribution in [0.1, 0.15) is 31.9 Å². The van der Waals surface area contributed by atoms with Gasteiger partial charge in [-0.2, -0.15) is 0 Å². The quantitative estimate of drug-likeness (QED) is 0.871. The van der Waals surface area contributed by atoms with Gasteiger partial charge in [0.1, 0.15) is 18.5 Å². The molecule has 19 heavy (non-hydrogen) atoms. The molecule has 0 spiro atoms. The summed E-state index contributed by atoms with van der Waals surface area (Å²) in [6.07, 6.45) is -0.511.